The monoisotopic (exact) mass is 353 g/mol. The molecule has 2 rings (SSSR count). The number of aromatic nitrogens is 1. The third-order valence-electron chi connectivity index (χ3n) is 3.06. The van der Waals surface area contributed by atoms with Gasteiger partial charge in [0.2, 0.25) is 0 Å². The van der Waals surface area contributed by atoms with E-state index in [0.717, 1.165) is 26.2 Å². The summed E-state index contributed by atoms with van der Waals surface area (Å²) in [5, 5.41) is 0. The zero-order chi connectivity index (χ0) is 13.2. The van der Waals surface area contributed by atoms with Crippen LogP contribution in [0.15, 0.2) is 18.2 Å². The van der Waals surface area contributed by atoms with E-state index >= 15 is 0 Å². The molecule has 0 N–H and O–H groups in total. The van der Waals surface area contributed by atoms with Gasteiger partial charge in [0.05, 0.1) is 0 Å². The van der Waals surface area contributed by atoms with E-state index in [0.29, 0.717) is 3.43 Å². The molecule has 0 aliphatic carbocycles. The maximum atomic E-state index is 4.89. The van der Waals surface area contributed by atoms with E-state index in [2.05, 4.69) is 55.8 Å². The Bertz CT molecular complexity index is 392. The topological polar surface area (TPSA) is 19.4 Å². The van der Waals surface area contributed by atoms with Crippen molar-refractivity contribution in [1.29, 1.82) is 0 Å². The number of anilines is 1. The Morgan fingerprint density at radius 2 is 1.78 bits per heavy atom. The first-order valence-corrected chi connectivity index (χ1v) is 9.48. The summed E-state index contributed by atoms with van der Waals surface area (Å²) in [6.07, 6.45) is 0. The number of rotatable bonds is 2. The van der Waals surface area contributed by atoms with Gasteiger partial charge >= 0.3 is 121 Å². The number of hydrogen-bond donors (Lipinski definition) is 0. The Morgan fingerprint density at radius 1 is 1.11 bits per heavy atom. The van der Waals surface area contributed by atoms with Crippen LogP contribution in [-0.2, 0) is 0 Å². The Balaban J connectivity index is 2.07. The Morgan fingerprint density at radius 3 is 2.39 bits per heavy atom. The number of nitrogens with zero attached hydrogens (tertiary/aromatic N) is 3. The molecule has 98 valence electrons. The van der Waals surface area contributed by atoms with Crippen LogP contribution >= 0.6 is 0 Å². The molecule has 0 saturated carbocycles. The molecular weight excluding hydrogens is 329 g/mol. The summed E-state index contributed by atoms with van der Waals surface area (Å²) in [5.74, 6) is 1.19. The van der Waals surface area contributed by atoms with Gasteiger partial charge in [0.25, 0.3) is 0 Å². The Labute approximate surface area is 121 Å². The second-order valence-corrected chi connectivity index (χ2v) is 12.5. The van der Waals surface area contributed by atoms with Gasteiger partial charge in [-0.1, -0.05) is 0 Å². The molecule has 0 aromatic carbocycles. The van der Waals surface area contributed by atoms with Crippen LogP contribution in [0.25, 0.3) is 0 Å². The van der Waals surface area contributed by atoms with Gasteiger partial charge in [-0.25, -0.2) is 0 Å². The van der Waals surface area contributed by atoms with Gasteiger partial charge in [0.1, 0.15) is 0 Å². The maximum absolute atomic E-state index is 4.89. The Kier molecular flexibility index (Phi) is 4.54. The van der Waals surface area contributed by atoms with Crippen molar-refractivity contribution in [3.8, 4) is 0 Å². The van der Waals surface area contributed by atoms with Crippen LogP contribution in [0.5, 0.6) is 0 Å². The summed E-state index contributed by atoms with van der Waals surface area (Å²) in [4.78, 5) is 9.69. The molecule has 18 heavy (non-hydrogen) atoms. The van der Waals surface area contributed by atoms with Crippen LogP contribution in [0.2, 0.25) is 3.43 Å². The van der Waals surface area contributed by atoms with Crippen LogP contribution in [0.4, 0.5) is 5.82 Å². The van der Waals surface area contributed by atoms with Crippen molar-refractivity contribution in [2.45, 2.75) is 24.2 Å². The number of likely N-dealkylation sites (N-methyl/N-ethyl adjacent to an activating group) is 1. The fraction of sp³-hybridized carbons (Fsp3) is 0.643. The molecule has 2 radical (unpaired) electrons. The molecular formula is C14H23N3Sn. The second kappa shape index (κ2) is 5.78. The van der Waals surface area contributed by atoms with Crippen molar-refractivity contribution in [2.24, 2.45) is 0 Å². The van der Waals surface area contributed by atoms with Gasteiger partial charge in [0.15, 0.2) is 0 Å². The molecule has 1 aliphatic heterocycles. The van der Waals surface area contributed by atoms with Crippen molar-refractivity contribution in [3.63, 3.8) is 0 Å². The van der Waals surface area contributed by atoms with Crippen molar-refractivity contribution in [2.75, 3.05) is 38.1 Å². The van der Waals surface area contributed by atoms with E-state index in [-0.39, 0.29) is 0 Å². The van der Waals surface area contributed by atoms with E-state index in [1.807, 2.05) is 0 Å². The molecule has 0 bridgehead atoms. The molecule has 1 aromatic rings. The predicted molar refractivity (Wildman–Crippen MR) is 79.1 cm³/mol. The Hall–Kier alpha value is -0.291. The fourth-order valence-electron chi connectivity index (χ4n) is 2.09. The zero-order valence-corrected chi connectivity index (χ0v) is 14.8. The van der Waals surface area contributed by atoms with Crippen molar-refractivity contribution < 1.29 is 0 Å². The molecule has 0 unspecified atom stereocenters. The fourth-order valence-corrected chi connectivity index (χ4v) is 5.28. The average Bonchev–Trinajstić information content (AvgIpc) is 2.28. The van der Waals surface area contributed by atoms with Gasteiger partial charge in [-0.3, -0.25) is 0 Å². The first-order chi connectivity index (χ1) is 8.44. The molecule has 1 aromatic heterocycles. The third-order valence-corrected chi connectivity index (χ3v) is 6.73. The molecule has 0 spiro atoms. The molecule has 1 aliphatic rings. The van der Waals surface area contributed by atoms with E-state index in [1.165, 1.54) is 9.53 Å². The minimum absolute atomic E-state index is 0.469. The molecule has 3 nitrogen and oxygen atoms in total. The summed E-state index contributed by atoms with van der Waals surface area (Å²) in [7, 11) is 2.19. The van der Waals surface area contributed by atoms with Gasteiger partial charge < -0.3 is 0 Å². The molecule has 0 amide bonds. The molecule has 2 heterocycles. The minimum atomic E-state index is -0.585. The van der Waals surface area contributed by atoms with E-state index in [9.17, 15) is 0 Å². The van der Waals surface area contributed by atoms with Crippen LogP contribution in [0.3, 0.4) is 0 Å². The van der Waals surface area contributed by atoms with Crippen LogP contribution in [0, 0.1) is 0 Å². The number of hydrogen-bond acceptors (Lipinski definition) is 3. The van der Waals surface area contributed by atoms with Crippen LogP contribution < -0.4 is 8.61 Å². The second-order valence-electron chi connectivity index (χ2n) is 6.05. The van der Waals surface area contributed by atoms with E-state index < -0.39 is 21.1 Å². The molecule has 1 saturated heterocycles. The zero-order valence-electron chi connectivity index (χ0n) is 11.9. The normalized spacial score (nSPS) is 18.1. The summed E-state index contributed by atoms with van der Waals surface area (Å²) in [6.45, 7) is 11.5. The van der Waals surface area contributed by atoms with Crippen LogP contribution in [0.1, 0.15) is 20.8 Å². The van der Waals surface area contributed by atoms with Gasteiger partial charge in [-0.15, -0.1) is 0 Å². The summed E-state index contributed by atoms with van der Waals surface area (Å²) in [5.41, 5.74) is 0. The van der Waals surface area contributed by atoms with Crippen molar-refractivity contribution in [1.82, 2.24) is 9.88 Å². The van der Waals surface area contributed by atoms with E-state index in [4.69, 9.17) is 4.98 Å². The standard InChI is InChI=1S/C10H14N3.C4H9.Sn/c1-12-6-8-13(9-7-12)10-4-2-3-5-11-10;1-4(2)3;/h2-4H,6-9H2,1H3;1-3H3;. The molecule has 4 heteroatoms. The van der Waals surface area contributed by atoms with Gasteiger partial charge in [-0.2, -0.15) is 0 Å². The van der Waals surface area contributed by atoms with Gasteiger partial charge in [0, 0.05) is 0 Å². The van der Waals surface area contributed by atoms with Crippen molar-refractivity contribution in [3.05, 3.63) is 18.2 Å². The quantitative estimate of drug-likeness (QED) is 0.750. The first kappa shape index (κ1) is 14.1. The molecule has 0 atom stereocenters. The summed E-state index contributed by atoms with van der Waals surface area (Å²) in [6, 6.07) is 6.57. The molecule has 1 fully saturated rings. The number of pyridine rings is 1. The average molecular weight is 352 g/mol. The SMILES string of the molecule is CN1CCN(c2ccc[c]([Sn][C](C)(C)C)n2)CC1. The number of piperazine rings is 1. The van der Waals surface area contributed by atoms with Crippen molar-refractivity contribution >= 4 is 30.7 Å². The summed E-state index contributed by atoms with van der Waals surface area (Å²) < 4.78 is 1.85. The first-order valence-electron chi connectivity index (χ1n) is 6.63. The third kappa shape index (κ3) is 4.12. The van der Waals surface area contributed by atoms with Crippen LogP contribution in [-0.4, -0.2) is 64.3 Å². The summed E-state index contributed by atoms with van der Waals surface area (Å²) >= 11 is -0.585. The predicted octanol–water partition coefficient (Wildman–Crippen LogP) is 1.38. The van der Waals surface area contributed by atoms with E-state index in [1.54, 1.807) is 0 Å². The van der Waals surface area contributed by atoms with Gasteiger partial charge in [-0.05, 0) is 0 Å².